The average Bonchev–Trinajstić information content (AvgIpc) is 1.82. The van der Waals surface area contributed by atoms with Crippen LogP contribution in [0.1, 0.15) is 13.3 Å². The van der Waals surface area contributed by atoms with Gasteiger partial charge in [0.1, 0.15) is 0 Å². The van der Waals surface area contributed by atoms with Gasteiger partial charge in [-0.1, -0.05) is 6.92 Å². The Morgan fingerprint density at radius 1 is 1.89 bits per heavy atom. The number of oxime groups is 1. The molecule has 2 N–H and O–H groups in total. The van der Waals surface area contributed by atoms with E-state index in [0.29, 0.717) is 0 Å². The van der Waals surface area contributed by atoms with Crippen molar-refractivity contribution in [2.24, 2.45) is 11.1 Å². The first-order valence-corrected chi connectivity index (χ1v) is 2.57. The maximum atomic E-state index is 10.1. The molecule has 0 aromatic heterocycles. The summed E-state index contributed by atoms with van der Waals surface area (Å²) in [6.07, 6.45) is 1.44. The average molecular weight is 131 g/mol. The van der Waals surface area contributed by atoms with E-state index in [9.17, 15) is 4.79 Å². The van der Waals surface area contributed by atoms with Gasteiger partial charge in [0.05, 0.1) is 5.92 Å². The van der Waals surface area contributed by atoms with E-state index in [0.717, 1.165) is 0 Å². The first-order valence-electron chi connectivity index (χ1n) is 2.57. The highest BCUT2D eigenvalue weighted by Gasteiger charge is 2.07. The summed E-state index contributed by atoms with van der Waals surface area (Å²) in [5, 5.41) is 18.8. The van der Waals surface area contributed by atoms with Crippen molar-refractivity contribution >= 4 is 12.2 Å². The molecule has 0 saturated carbocycles. The van der Waals surface area contributed by atoms with Crippen molar-refractivity contribution < 1.29 is 15.1 Å². The molecule has 0 heterocycles. The van der Waals surface area contributed by atoms with Crippen molar-refractivity contribution in [3.05, 3.63) is 0 Å². The molecule has 0 aromatic rings. The fraction of sp³-hybridized carbons (Fsp3) is 0.600. The second kappa shape index (κ2) is 3.88. The molecule has 4 heteroatoms. The van der Waals surface area contributed by atoms with Crippen LogP contribution in [0.25, 0.3) is 0 Å². The van der Waals surface area contributed by atoms with E-state index in [1.54, 1.807) is 6.92 Å². The van der Waals surface area contributed by atoms with E-state index in [1.165, 1.54) is 6.21 Å². The minimum atomic E-state index is -0.880. The third-order valence-corrected chi connectivity index (χ3v) is 0.962. The molecule has 0 rings (SSSR count). The van der Waals surface area contributed by atoms with Gasteiger partial charge in [0.15, 0.2) is 0 Å². The molecule has 1 unspecified atom stereocenters. The minimum Gasteiger partial charge on any atom is -0.481 e. The van der Waals surface area contributed by atoms with Crippen LogP contribution in [-0.4, -0.2) is 22.5 Å². The molecule has 52 valence electrons. The molecule has 0 bridgehead atoms. The Morgan fingerprint density at radius 3 is 2.78 bits per heavy atom. The SMILES string of the molecule is CC(C/C=N/O)C(=O)O. The van der Waals surface area contributed by atoms with Crippen LogP contribution in [0, 0.1) is 5.92 Å². The topological polar surface area (TPSA) is 69.9 Å². The second-order valence-corrected chi connectivity index (χ2v) is 1.77. The van der Waals surface area contributed by atoms with E-state index >= 15 is 0 Å². The monoisotopic (exact) mass is 131 g/mol. The molecular weight excluding hydrogens is 122 g/mol. The normalized spacial score (nSPS) is 13.9. The molecule has 0 spiro atoms. The first kappa shape index (κ1) is 7.94. The summed E-state index contributed by atoms with van der Waals surface area (Å²) in [5.74, 6) is -1.35. The molecule has 0 aliphatic rings. The number of carboxylic acids is 1. The lowest BCUT2D eigenvalue weighted by Gasteiger charge is -1.97. The fourth-order valence-corrected chi connectivity index (χ4v) is 0.306. The fourth-order valence-electron chi connectivity index (χ4n) is 0.306. The lowest BCUT2D eigenvalue weighted by molar-refractivity contribution is -0.140. The Morgan fingerprint density at radius 2 is 2.44 bits per heavy atom. The minimum absolute atomic E-state index is 0.270. The van der Waals surface area contributed by atoms with Gasteiger partial charge < -0.3 is 10.3 Å². The van der Waals surface area contributed by atoms with Gasteiger partial charge in [-0.3, -0.25) is 4.79 Å². The van der Waals surface area contributed by atoms with E-state index in [1.807, 2.05) is 0 Å². The van der Waals surface area contributed by atoms with Crippen LogP contribution in [0.5, 0.6) is 0 Å². The Hall–Kier alpha value is -1.06. The van der Waals surface area contributed by atoms with Gasteiger partial charge in [-0.05, 0) is 6.42 Å². The summed E-state index contributed by atoms with van der Waals surface area (Å²) < 4.78 is 0. The Kier molecular flexibility index (Phi) is 3.43. The highest BCUT2D eigenvalue weighted by Crippen LogP contribution is 1.97. The van der Waals surface area contributed by atoms with E-state index < -0.39 is 11.9 Å². The largest absolute Gasteiger partial charge is 0.481 e. The number of aliphatic carboxylic acids is 1. The van der Waals surface area contributed by atoms with Crippen LogP contribution in [-0.2, 0) is 4.79 Å². The molecule has 0 saturated heterocycles. The quantitative estimate of drug-likeness (QED) is 0.334. The van der Waals surface area contributed by atoms with Crippen LogP contribution in [0.2, 0.25) is 0 Å². The number of hydrogen-bond acceptors (Lipinski definition) is 3. The van der Waals surface area contributed by atoms with Gasteiger partial charge in [-0.2, -0.15) is 0 Å². The lowest BCUT2D eigenvalue weighted by Crippen LogP contribution is -2.09. The lowest BCUT2D eigenvalue weighted by atomic mass is 10.1. The highest BCUT2D eigenvalue weighted by atomic mass is 16.4. The van der Waals surface area contributed by atoms with Gasteiger partial charge in [0.25, 0.3) is 0 Å². The second-order valence-electron chi connectivity index (χ2n) is 1.77. The molecular formula is C5H9NO3. The third kappa shape index (κ3) is 3.52. The van der Waals surface area contributed by atoms with Gasteiger partial charge in [-0.15, -0.1) is 5.16 Å². The molecule has 9 heavy (non-hydrogen) atoms. The maximum absolute atomic E-state index is 10.1. The molecule has 0 amide bonds. The Labute approximate surface area is 52.8 Å². The van der Waals surface area contributed by atoms with Crippen molar-refractivity contribution in [3.63, 3.8) is 0 Å². The van der Waals surface area contributed by atoms with Gasteiger partial charge in [-0.25, -0.2) is 0 Å². The molecule has 0 radical (unpaired) electrons. The van der Waals surface area contributed by atoms with Crippen LogP contribution in [0.15, 0.2) is 5.16 Å². The van der Waals surface area contributed by atoms with Crippen molar-refractivity contribution in [2.75, 3.05) is 0 Å². The molecule has 0 aromatic carbocycles. The van der Waals surface area contributed by atoms with E-state index in [4.69, 9.17) is 10.3 Å². The number of rotatable bonds is 3. The smallest absolute Gasteiger partial charge is 0.306 e. The maximum Gasteiger partial charge on any atom is 0.306 e. The number of carboxylic acid groups (broad SMARTS) is 1. The van der Waals surface area contributed by atoms with Crippen LogP contribution < -0.4 is 0 Å². The summed E-state index contributed by atoms with van der Waals surface area (Å²) in [6.45, 7) is 1.55. The van der Waals surface area contributed by atoms with Crippen molar-refractivity contribution in [3.8, 4) is 0 Å². The van der Waals surface area contributed by atoms with Gasteiger partial charge in [0.2, 0.25) is 0 Å². The zero-order valence-corrected chi connectivity index (χ0v) is 5.11. The first-order chi connectivity index (χ1) is 4.18. The highest BCUT2D eigenvalue weighted by molar-refractivity contribution is 5.73. The zero-order chi connectivity index (χ0) is 7.28. The molecule has 0 fully saturated rings. The molecule has 1 atom stereocenters. The summed E-state index contributed by atoms with van der Waals surface area (Å²) in [5.41, 5.74) is 0. The summed E-state index contributed by atoms with van der Waals surface area (Å²) in [4.78, 5) is 10.1. The number of hydrogen-bond donors (Lipinski definition) is 2. The summed E-state index contributed by atoms with van der Waals surface area (Å²) in [6, 6.07) is 0. The molecule has 4 nitrogen and oxygen atoms in total. The standard InChI is InChI=1S/C5H9NO3/c1-4(5(7)8)2-3-6-9/h3-4,9H,2H2,1H3,(H,7,8)/b6-3+. The van der Waals surface area contributed by atoms with Crippen molar-refractivity contribution in [1.29, 1.82) is 0 Å². The third-order valence-electron chi connectivity index (χ3n) is 0.962. The van der Waals surface area contributed by atoms with Crippen LogP contribution in [0.3, 0.4) is 0 Å². The predicted molar refractivity (Wildman–Crippen MR) is 31.7 cm³/mol. The zero-order valence-electron chi connectivity index (χ0n) is 5.11. The molecule has 0 aliphatic carbocycles. The molecule has 0 aliphatic heterocycles. The predicted octanol–water partition coefficient (Wildman–Crippen LogP) is 0.557. The number of carbonyl (C=O) groups is 1. The van der Waals surface area contributed by atoms with Crippen LogP contribution >= 0.6 is 0 Å². The van der Waals surface area contributed by atoms with Gasteiger partial charge in [0, 0.05) is 6.21 Å². The summed E-state index contributed by atoms with van der Waals surface area (Å²) in [7, 11) is 0. The summed E-state index contributed by atoms with van der Waals surface area (Å²) >= 11 is 0. The van der Waals surface area contributed by atoms with Gasteiger partial charge >= 0.3 is 5.97 Å². The van der Waals surface area contributed by atoms with Crippen molar-refractivity contribution in [1.82, 2.24) is 0 Å². The van der Waals surface area contributed by atoms with E-state index in [2.05, 4.69) is 5.16 Å². The Bertz CT molecular complexity index is 121. The Balaban J connectivity index is 3.50. The van der Waals surface area contributed by atoms with Crippen molar-refractivity contribution in [2.45, 2.75) is 13.3 Å². The number of nitrogens with zero attached hydrogens (tertiary/aromatic N) is 1. The van der Waals surface area contributed by atoms with Crippen LogP contribution in [0.4, 0.5) is 0 Å². The van der Waals surface area contributed by atoms with E-state index in [-0.39, 0.29) is 6.42 Å².